The maximum Gasteiger partial charge on any atom is 0.145 e. The molecule has 0 radical (unpaired) electrons. The van der Waals surface area contributed by atoms with Crippen molar-refractivity contribution in [2.45, 2.75) is 13.1 Å². The van der Waals surface area contributed by atoms with Gasteiger partial charge in [-0.1, -0.05) is 12.1 Å². The Morgan fingerprint density at radius 3 is 2.81 bits per heavy atom. The summed E-state index contributed by atoms with van der Waals surface area (Å²) in [6.07, 6.45) is 0. The van der Waals surface area contributed by atoms with Crippen LogP contribution in [0, 0.1) is 0 Å². The number of nitrogens with one attached hydrogen (secondary N) is 1. The summed E-state index contributed by atoms with van der Waals surface area (Å²) in [5.41, 5.74) is 10.5. The highest BCUT2D eigenvalue weighted by atomic mass is 15.2. The summed E-state index contributed by atoms with van der Waals surface area (Å²) in [4.78, 5) is 2.30. The Morgan fingerprint density at radius 2 is 2.06 bits per heavy atom. The molecule has 3 N–H and O–H groups in total. The van der Waals surface area contributed by atoms with Gasteiger partial charge in [0.2, 0.25) is 0 Å². The van der Waals surface area contributed by atoms with Crippen LogP contribution in [0.3, 0.4) is 0 Å². The van der Waals surface area contributed by atoms with Crippen molar-refractivity contribution in [1.82, 2.24) is 15.1 Å². The van der Waals surface area contributed by atoms with E-state index in [0.29, 0.717) is 5.82 Å². The Balaban J connectivity index is 2.02. The zero-order valence-electron chi connectivity index (χ0n) is 9.20. The minimum atomic E-state index is 0.535. The number of anilines is 1. The summed E-state index contributed by atoms with van der Waals surface area (Å²) in [6, 6.07) is 8.38. The van der Waals surface area contributed by atoms with Crippen molar-refractivity contribution in [3.63, 3.8) is 0 Å². The Bertz CT molecular complexity index is 530. The first kappa shape index (κ1) is 9.42. The molecule has 0 atom stereocenters. The first-order chi connectivity index (χ1) is 7.72. The van der Waals surface area contributed by atoms with Gasteiger partial charge in [0.05, 0.1) is 5.69 Å². The van der Waals surface area contributed by atoms with Gasteiger partial charge in [-0.2, -0.15) is 5.10 Å². The number of aromatic nitrogens is 2. The molecule has 1 aliphatic heterocycles. The summed E-state index contributed by atoms with van der Waals surface area (Å²) in [5.74, 6) is 0.535. The van der Waals surface area contributed by atoms with Crippen LogP contribution in [0.4, 0.5) is 5.82 Å². The van der Waals surface area contributed by atoms with Crippen LogP contribution in [0.15, 0.2) is 24.3 Å². The van der Waals surface area contributed by atoms with Crippen LogP contribution in [0.2, 0.25) is 0 Å². The average Bonchev–Trinajstić information content (AvgIpc) is 2.81. The molecule has 82 valence electrons. The molecule has 0 aliphatic carbocycles. The third-order valence-corrected chi connectivity index (χ3v) is 3.00. The standard InChI is InChI=1S/C12H14N4/c1-16-6-9-3-2-8(4-10(9)7-16)11-5-12(13)15-14-11/h2-5H,6-7H2,1H3,(H3,13,14,15). The van der Waals surface area contributed by atoms with Crippen molar-refractivity contribution in [1.29, 1.82) is 0 Å². The Kier molecular flexibility index (Phi) is 1.97. The number of aromatic amines is 1. The first-order valence-corrected chi connectivity index (χ1v) is 5.34. The van der Waals surface area contributed by atoms with Crippen molar-refractivity contribution < 1.29 is 0 Å². The molecule has 0 bridgehead atoms. The molecule has 3 rings (SSSR count). The SMILES string of the molecule is CN1Cc2ccc(-c3cc(N)n[nH]3)cc2C1. The topological polar surface area (TPSA) is 57.9 Å². The fourth-order valence-electron chi connectivity index (χ4n) is 2.22. The predicted octanol–water partition coefficient (Wildman–Crippen LogP) is 1.60. The highest BCUT2D eigenvalue weighted by Crippen LogP contribution is 2.27. The molecule has 1 aromatic heterocycles. The Morgan fingerprint density at radius 1 is 1.25 bits per heavy atom. The van der Waals surface area contributed by atoms with Crippen LogP contribution < -0.4 is 5.73 Å². The molecule has 0 saturated heterocycles. The number of hydrogen-bond acceptors (Lipinski definition) is 3. The largest absolute Gasteiger partial charge is 0.382 e. The molecular weight excluding hydrogens is 200 g/mol. The van der Waals surface area contributed by atoms with Crippen LogP contribution >= 0.6 is 0 Å². The molecule has 0 amide bonds. The first-order valence-electron chi connectivity index (χ1n) is 5.34. The number of H-pyrrole nitrogens is 1. The molecule has 4 nitrogen and oxygen atoms in total. The fourth-order valence-corrected chi connectivity index (χ4v) is 2.22. The second-order valence-corrected chi connectivity index (χ2v) is 4.36. The summed E-state index contributed by atoms with van der Waals surface area (Å²) in [7, 11) is 2.13. The summed E-state index contributed by atoms with van der Waals surface area (Å²) in [6.45, 7) is 2.06. The maximum absolute atomic E-state index is 5.60. The van der Waals surface area contributed by atoms with Gasteiger partial charge in [0.15, 0.2) is 0 Å². The van der Waals surface area contributed by atoms with Crippen LogP contribution in [0.1, 0.15) is 11.1 Å². The van der Waals surface area contributed by atoms with E-state index in [2.05, 4.69) is 40.3 Å². The monoisotopic (exact) mass is 214 g/mol. The van der Waals surface area contributed by atoms with Gasteiger partial charge in [-0.15, -0.1) is 0 Å². The summed E-state index contributed by atoms with van der Waals surface area (Å²) in [5, 5.41) is 6.88. The van der Waals surface area contributed by atoms with Gasteiger partial charge < -0.3 is 5.73 Å². The lowest BCUT2D eigenvalue weighted by Gasteiger charge is -2.02. The van der Waals surface area contributed by atoms with Crippen molar-refractivity contribution in [3.05, 3.63) is 35.4 Å². The van der Waals surface area contributed by atoms with Gasteiger partial charge in [-0.3, -0.25) is 10.00 Å². The van der Waals surface area contributed by atoms with Crippen molar-refractivity contribution in [2.24, 2.45) is 0 Å². The molecule has 1 aliphatic rings. The van der Waals surface area contributed by atoms with E-state index in [0.717, 1.165) is 24.3 Å². The molecule has 16 heavy (non-hydrogen) atoms. The highest BCUT2D eigenvalue weighted by molar-refractivity contribution is 5.63. The number of hydrogen-bond donors (Lipinski definition) is 2. The van der Waals surface area contributed by atoms with E-state index in [1.165, 1.54) is 11.1 Å². The van der Waals surface area contributed by atoms with Crippen LogP contribution in [0.5, 0.6) is 0 Å². The minimum absolute atomic E-state index is 0.535. The maximum atomic E-state index is 5.60. The Hall–Kier alpha value is -1.81. The van der Waals surface area contributed by atoms with Gasteiger partial charge >= 0.3 is 0 Å². The van der Waals surface area contributed by atoms with Crippen LogP contribution in [0.25, 0.3) is 11.3 Å². The number of rotatable bonds is 1. The van der Waals surface area contributed by atoms with E-state index in [-0.39, 0.29) is 0 Å². The number of nitrogen functional groups attached to an aromatic ring is 1. The van der Waals surface area contributed by atoms with E-state index < -0.39 is 0 Å². The molecular formula is C12H14N4. The van der Waals surface area contributed by atoms with Crippen molar-refractivity contribution >= 4 is 5.82 Å². The van der Waals surface area contributed by atoms with Crippen LogP contribution in [-0.4, -0.2) is 22.1 Å². The molecule has 2 heterocycles. The van der Waals surface area contributed by atoms with E-state index in [1.807, 2.05) is 6.07 Å². The van der Waals surface area contributed by atoms with Crippen LogP contribution in [-0.2, 0) is 13.1 Å². The minimum Gasteiger partial charge on any atom is -0.382 e. The van der Waals surface area contributed by atoms with E-state index >= 15 is 0 Å². The van der Waals surface area contributed by atoms with Gasteiger partial charge in [-0.25, -0.2) is 0 Å². The smallest absolute Gasteiger partial charge is 0.145 e. The number of nitrogens with two attached hydrogens (primary N) is 1. The van der Waals surface area contributed by atoms with Gasteiger partial charge in [0, 0.05) is 19.2 Å². The van der Waals surface area contributed by atoms with E-state index in [9.17, 15) is 0 Å². The van der Waals surface area contributed by atoms with E-state index in [4.69, 9.17) is 5.73 Å². The van der Waals surface area contributed by atoms with E-state index in [1.54, 1.807) is 0 Å². The zero-order chi connectivity index (χ0) is 11.1. The zero-order valence-corrected chi connectivity index (χ0v) is 9.20. The normalized spacial score (nSPS) is 15.3. The molecule has 1 aromatic carbocycles. The number of benzene rings is 1. The molecule has 0 spiro atoms. The third-order valence-electron chi connectivity index (χ3n) is 3.00. The average molecular weight is 214 g/mol. The fraction of sp³-hybridized carbons (Fsp3) is 0.250. The lowest BCUT2D eigenvalue weighted by Crippen LogP contribution is -2.07. The lowest BCUT2D eigenvalue weighted by atomic mass is 10.0. The van der Waals surface area contributed by atoms with Crippen molar-refractivity contribution in [3.8, 4) is 11.3 Å². The summed E-state index contributed by atoms with van der Waals surface area (Å²) >= 11 is 0. The highest BCUT2D eigenvalue weighted by Gasteiger charge is 2.16. The van der Waals surface area contributed by atoms with Crippen molar-refractivity contribution in [2.75, 3.05) is 12.8 Å². The molecule has 0 unspecified atom stereocenters. The molecule has 0 saturated carbocycles. The third kappa shape index (κ3) is 1.47. The second-order valence-electron chi connectivity index (χ2n) is 4.36. The Labute approximate surface area is 94.1 Å². The molecule has 0 fully saturated rings. The van der Waals surface area contributed by atoms with Gasteiger partial charge in [0.1, 0.15) is 5.82 Å². The second kappa shape index (κ2) is 3.35. The van der Waals surface area contributed by atoms with Gasteiger partial charge in [0.25, 0.3) is 0 Å². The number of fused-ring (bicyclic) bond motifs is 1. The molecule has 2 aromatic rings. The summed E-state index contributed by atoms with van der Waals surface area (Å²) < 4.78 is 0. The number of nitrogens with zero attached hydrogens (tertiary/aromatic N) is 2. The quantitative estimate of drug-likeness (QED) is 0.758. The lowest BCUT2D eigenvalue weighted by molar-refractivity contribution is 0.353. The molecule has 4 heteroatoms. The predicted molar refractivity (Wildman–Crippen MR) is 63.6 cm³/mol. The van der Waals surface area contributed by atoms with Gasteiger partial charge in [-0.05, 0) is 29.8 Å².